The van der Waals surface area contributed by atoms with Crippen molar-refractivity contribution >= 4 is 0 Å². The Kier molecular flexibility index (Phi) is 7.26. The van der Waals surface area contributed by atoms with Crippen LogP contribution in [0.3, 0.4) is 0 Å². The third-order valence-electron chi connectivity index (χ3n) is 2.53. The van der Waals surface area contributed by atoms with E-state index in [1.807, 2.05) is 0 Å². The van der Waals surface area contributed by atoms with Gasteiger partial charge in [-0.2, -0.15) is 0 Å². The molecule has 14 heavy (non-hydrogen) atoms. The van der Waals surface area contributed by atoms with Crippen LogP contribution in [-0.2, 0) is 0 Å². The van der Waals surface area contributed by atoms with Gasteiger partial charge < -0.3 is 4.90 Å². The molecule has 0 aromatic heterocycles. The SMILES string of the molecule is CN(C)CCCCCCCC(C)(C)C. The molecule has 0 saturated heterocycles. The quantitative estimate of drug-likeness (QED) is 0.561. The largest absolute Gasteiger partial charge is 0.309 e. The summed E-state index contributed by atoms with van der Waals surface area (Å²) >= 11 is 0. The predicted octanol–water partition coefficient (Wildman–Crippen LogP) is 3.93. The van der Waals surface area contributed by atoms with Crippen LogP contribution in [0.1, 0.15) is 59.3 Å². The average molecular weight is 199 g/mol. The standard InChI is InChI=1S/C13H29N/c1-13(2,3)11-9-7-6-8-10-12-14(4)5/h6-12H2,1-5H3. The Hall–Kier alpha value is -0.0400. The van der Waals surface area contributed by atoms with Gasteiger partial charge in [-0.25, -0.2) is 0 Å². The first-order chi connectivity index (χ1) is 6.42. The summed E-state index contributed by atoms with van der Waals surface area (Å²) in [5, 5.41) is 0. The summed E-state index contributed by atoms with van der Waals surface area (Å²) in [6.45, 7) is 8.25. The van der Waals surface area contributed by atoms with Crippen LogP contribution in [0, 0.1) is 5.41 Å². The number of unbranched alkanes of at least 4 members (excludes halogenated alkanes) is 4. The van der Waals surface area contributed by atoms with E-state index < -0.39 is 0 Å². The van der Waals surface area contributed by atoms with Crippen LogP contribution >= 0.6 is 0 Å². The monoisotopic (exact) mass is 199 g/mol. The lowest BCUT2D eigenvalue weighted by Gasteiger charge is -2.17. The molecule has 0 fully saturated rings. The van der Waals surface area contributed by atoms with Crippen molar-refractivity contribution < 1.29 is 0 Å². The molecule has 0 radical (unpaired) electrons. The maximum absolute atomic E-state index is 2.33. The zero-order valence-corrected chi connectivity index (χ0v) is 10.9. The van der Waals surface area contributed by atoms with Crippen LogP contribution in [0.2, 0.25) is 0 Å². The summed E-state index contributed by atoms with van der Waals surface area (Å²) in [5.41, 5.74) is 0.531. The van der Waals surface area contributed by atoms with Gasteiger partial charge >= 0.3 is 0 Å². The van der Waals surface area contributed by atoms with Crippen molar-refractivity contribution in [3.63, 3.8) is 0 Å². The molecule has 1 heteroatoms. The third kappa shape index (κ3) is 12.0. The molecule has 0 aliphatic carbocycles. The first kappa shape index (κ1) is 14.0. The molecule has 0 aliphatic heterocycles. The fraction of sp³-hybridized carbons (Fsp3) is 1.00. The van der Waals surface area contributed by atoms with E-state index in [1.165, 1.54) is 45.1 Å². The highest BCUT2D eigenvalue weighted by molar-refractivity contribution is 4.61. The van der Waals surface area contributed by atoms with Crippen LogP contribution in [0.4, 0.5) is 0 Å². The van der Waals surface area contributed by atoms with Crippen molar-refractivity contribution in [2.24, 2.45) is 5.41 Å². The normalized spacial score (nSPS) is 12.4. The molecule has 0 N–H and O–H groups in total. The second kappa shape index (κ2) is 7.28. The minimum atomic E-state index is 0.531. The van der Waals surface area contributed by atoms with Gasteiger partial charge in [0.2, 0.25) is 0 Å². The highest BCUT2D eigenvalue weighted by Gasteiger charge is 2.08. The first-order valence-corrected chi connectivity index (χ1v) is 6.06. The number of rotatable bonds is 7. The molecule has 0 aliphatic rings. The van der Waals surface area contributed by atoms with Gasteiger partial charge in [-0.1, -0.05) is 46.5 Å². The van der Waals surface area contributed by atoms with E-state index in [4.69, 9.17) is 0 Å². The fourth-order valence-electron chi connectivity index (χ4n) is 1.61. The zero-order valence-electron chi connectivity index (χ0n) is 10.9. The lowest BCUT2D eigenvalue weighted by atomic mass is 9.89. The second-order valence-corrected chi connectivity index (χ2v) is 5.88. The van der Waals surface area contributed by atoms with Crippen molar-refractivity contribution in [1.82, 2.24) is 4.90 Å². The van der Waals surface area contributed by atoms with Gasteiger partial charge in [0.15, 0.2) is 0 Å². The first-order valence-electron chi connectivity index (χ1n) is 6.06. The zero-order chi connectivity index (χ0) is 11.0. The summed E-state index contributed by atoms with van der Waals surface area (Å²) in [7, 11) is 4.30. The molecule has 0 amide bonds. The lowest BCUT2D eigenvalue weighted by molar-refractivity contribution is 0.352. The summed E-state index contributed by atoms with van der Waals surface area (Å²) < 4.78 is 0. The van der Waals surface area contributed by atoms with Gasteiger partial charge in [0.05, 0.1) is 0 Å². The van der Waals surface area contributed by atoms with Gasteiger partial charge in [0.1, 0.15) is 0 Å². The molecule has 0 unspecified atom stereocenters. The average Bonchev–Trinajstić information content (AvgIpc) is 2.00. The molecule has 0 spiro atoms. The molecule has 0 bridgehead atoms. The van der Waals surface area contributed by atoms with Crippen LogP contribution in [-0.4, -0.2) is 25.5 Å². The Morgan fingerprint density at radius 3 is 1.79 bits per heavy atom. The molecular weight excluding hydrogens is 170 g/mol. The third-order valence-corrected chi connectivity index (χ3v) is 2.53. The Balaban J connectivity index is 3.07. The van der Waals surface area contributed by atoms with Gasteiger partial charge in [-0.15, -0.1) is 0 Å². The van der Waals surface area contributed by atoms with Gasteiger partial charge in [-0.3, -0.25) is 0 Å². The van der Waals surface area contributed by atoms with Gasteiger partial charge in [0, 0.05) is 0 Å². The Labute approximate surface area is 90.9 Å². The number of hydrogen-bond donors (Lipinski definition) is 0. The van der Waals surface area contributed by atoms with E-state index >= 15 is 0 Å². The van der Waals surface area contributed by atoms with Gasteiger partial charge in [0.25, 0.3) is 0 Å². The molecule has 0 saturated carbocycles. The van der Waals surface area contributed by atoms with Crippen molar-refractivity contribution in [2.75, 3.05) is 20.6 Å². The Bertz CT molecular complexity index is 122. The fourth-order valence-corrected chi connectivity index (χ4v) is 1.61. The molecule has 0 rings (SSSR count). The minimum absolute atomic E-state index is 0.531. The Morgan fingerprint density at radius 1 is 0.786 bits per heavy atom. The highest BCUT2D eigenvalue weighted by Crippen LogP contribution is 2.22. The van der Waals surface area contributed by atoms with Crippen molar-refractivity contribution in [3.8, 4) is 0 Å². The maximum Gasteiger partial charge on any atom is -0.00248 e. The summed E-state index contributed by atoms with van der Waals surface area (Å²) in [4.78, 5) is 2.27. The highest BCUT2D eigenvalue weighted by atomic mass is 15.0. The molecule has 86 valence electrons. The second-order valence-electron chi connectivity index (χ2n) is 5.88. The van der Waals surface area contributed by atoms with E-state index in [0.717, 1.165) is 0 Å². The molecule has 0 aromatic rings. The summed E-state index contributed by atoms with van der Waals surface area (Å²) in [6, 6.07) is 0. The molecule has 1 nitrogen and oxygen atoms in total. The molecule has 0 heterocycles. The summed E-state index contributed by atoms with van der Waals surface area (Å²) in [5.74, 6) is 0. The van der Waals surface area contributed by atoms with Crippen LogP contribution in [0.25, 0.3) is 0 Å². The van der Waals surface area contributed by atoms with Crippen molar-refractivity contribution in [1.29, 1.82) is 0 Å². The van der Waals surface area contributed by atoms with E-state index in [1.54, 1.807) is 0 Å². The minimum Gasteiger partial charge on any atom is -0.309 e. The van der Waals surface area contributed by atoms with Crippen LogP contribution in [0.15, 0.2) is 0 Å². The maximum atomic E-state index is 2.33. The van der Waals surface area contributed by atoms with Crippen LogP contribution in [0.5, 0.6) is 0 Å². The van der Waals surface area contributed by atoms with Crippen molar-refractivity contribution in [3.05, 3.63) is 0 Å². The molecule has 0 aromatic carbocycles. The summed E-state index contributed by atoms with van der Waals surface area (Å²) in [6.07, 6.45) is 8.39. The van der Waals surface area contributed by atoms with E-state index in [2.05, 4.69) is 39.8 Å². The number of hydrogen-bond acceptors (Lipinski definition) is 1. The molecular formula is C13H29N. The number of nitrogens with zero attached hydrogens (tertiary/aromatic N) is 1. The predicted molar refractivity (Wildman–Crippen MR) is 65.7 cm³/mol. The topological polar surface area (TPSA) is 3.24 Å². The van der Waals surface area contributed by atoms with E-state index in [9.17, 15) is 0 Å². The van der Waals surface area contributed by atoms with E-state index in [-0.39, 0.29) is 0 Å². The lowest BCUT2D eigenvalue weighted by Crippen LogP contribution is -2.12. The Morgan fingerprint density at radius 2 is 1.29 bits per heavy atom. The molecule has 0 atom stereocenters. The van der Waals surface area contributed by atoms with Crippen LogP contribution < -0.4 is 0 Å². The van der Waals surface area contributed by atoms with Crippen molar-refractivity contribution in [2.45, 2.75) is 59.3 Å². The van der Waals surface area contributed by atoms with E-state index in [0.29, 0.717) is 5.41 Å². The smallest absolute Gasteiger partial charge is 0.00248 e. The van der Waals surface area contributed by atoms with Gasteiger partial charge in [-0.05, 0) is 38.9 Å².